The summed E-state index contributed by atoms with van der Waals surface area (Å²) in [4.78, 5) is 0. The quantitative estimate of drug-likeness (QED) is 0.896. The fourth-order valence-electron chi connectivity index (χ4n) is 2.05. The van der Waals surface area contributed by atoms with Crippen molar-refractivity contribution in [2.24, 2.45) is 7.05 Å². The normalized spacial score (nSPS) is 12.7. The zero-order chi connectivity index (χ0) is 13.1. The second-order valence-electron chi connectivity index (χ2n) is 4.49. The minimum absolute atomic E-state index is 0.0381. The van der Waals surface area contributed by atoms with Crippen LogP contribution in [-0.2, 0) is 13.5 Å². The van der Waals surface area contributed by atoms with Gasteiger partial charge >= 0.3 is 0 Å². The molecule has 5 heteroatoms. The lowest BCUT2D eigenvalue weighted by Crippen LogP contribution is -2.19. The standard InChI is InChI=1S/C13H17FN4/c1-9-4-10(6-11(14)5-9)13(15-2)7-12-8-18(3)17-16-12/h4-6,8,13,15H,7H2,1-3H3. The van der Waals surface area contributed by atoms with Crippen molar-refractivity contribution in [3.63, 3.8) is 0 Å². The van der Waals surface area contributed by atoms with Crippen molar-refractivity contribution in [3.05, 3.63) is 47.0 Å². The lowest BCUT2D eigenvalue weighted by Gasteiger charge is -2.16. The third-order valence-corrected chi connectivity index (χ3v) is 2.88. The van der Waals surface area contributed by atoms with Crippen LogP contribution in [0.5, 0.6) is 0 Å². The van der Waals surface area contributed by atoms with Gasteiger partial charge in [0.05, 0.1) is 5.69 Å². The van der Waals surface area contributed by atoms with Crippen molar-refractivity contribution < 1.29 is 4.39 Å². The zero-order valence-corrected chi connectivity index (χ0v) is 10.8. The molecule has 0 amide bonds. The van der Waals surface area contributed by atoms with E-state index < -0.39 is 0 Å². The molecular weight excluding hydrogens is 231 g/mol. The number of likely N-dealkylation sites (N-methyl/N-ethyl adjacent to an activating group) is 1. The first-order chi connectivity index (χ1) is 8.58. The van der Waals surface area contributed by atoms with Gasteiger partial charge in [-0.15, -0.1) is 5.10 Å². The molecule has 2 rings (SSSR count). The molecule has 1 heterocycles. The highest BCUT2D eigenvalue weighted by Gasteiger charge is 2.13. The highest BCUT2D eigenvalue weighted by Crippen LogP contribution is 2.19. The van der Waals surface area contributed by atoms with E-state index in [-0.39, 0.29) is 11.9 Å². The zero-order valence-electron chi connectivity index (χ0n) is 10.8. The van der Waals surface area contributed by atoms with E-state index in [0.29, 0.717) is 6.42 Å². The van der Waals surface area contributed by atoms with Crippen LogP contribution in [0.4, 0.5) is 4.39 Å². The van der Waals surface area contributed by atoms with E-state index in [0.717, 1.165) is 16.8 Å². The lowest BCUT2D eigenvalue weighted by atomic mass is 10.0. The molecule has 0 fully saturated rings. The summed E-state index contributed by atoms with van der Waals surface area (Å²) in [5.41, 5.74) is 2.74. The van der Waals surface area contributed by atoms with E-state index in [1.165, 1.54) is 6.07 Å². The Morgan fingerprint density at radius 1 is 1.39 bits per heavy atom. The van der Waals surface area contributed by atoms with Crippen molar-refractivity contribution in [1.29, 1.82) is 0 Å². The van der Waals surface area contributed by atoms with E-state index in [2.05, 4.69) is 15.6 Å². The maximum atomic E-state index is 13.4. The number of hydrogen-bond acceptors (Lipinski definition) is 3. The van der Waals surface area contributed by atoms with E-state index >= 15 is 0 Å². The van der Waals surface area contributed by atoms with Crippen LogP contribution in [0.1, 0.15) is 22.9 Å². The van der Waals surface area contributed by atoms with Gasteiger partial charge in [-0.25, -0.2) is 4.39 Å². The van der Waals surface area contributed by atoms with Crippen LogP contribution in [-0.4, -0.2) is 22.0 Å². The van der Waals surface area contributed by atoms with E-state index in [9.17, 15) is 4.39 Å². The molecule has 0 spiro atoms. The fourth-order valence-corrected chi connectivity index (χ4v) is 2.05. The Hall–Kier alpha value is -1.75. The van der Waals surface area contributed by atoms with Crippen LogP contribution >= 0.6 is 0 Å². The van der Waals surface area contributed by atoms with Crippen molar-refractivity contribution in [2.45, 2.75) is 19.4 Å². The van der Waals surface area contributed by atoms with Crippen LogP contribution in [0.3, 0.4) is 0 Å². The van der Waals surface area contributed by atoms with Crippen molar-refractivity contribution in [3.8, 4) is 0 Å². The average molecular weight is 248 g/mol. The second kappa shape index (κ2) is 5.27. The molecule has 1 unspecified atom stereocenters. The third-order valence-electron chi connectivity index (χ3n) is 2.88. The number of rotatable bonds is 4. The molecule has 2 aromatic rings. The van der Waals surface area contributed by atoms with Gasteiger partial charge in [-0.1, -0.05) is 11.3 Å². The van der Waals surface area contributed by atoms with Gasteiger partial charge in [0.15, 0.2) is 0 Å². The number of aryl methyl sites for hydroxylation is 2. The Labute approximate surface area is 106 Å². The highest BCUT2D eigenvalue weighted by atomic mass is 19.1. The van der Waals surface area contributed by atoms with Gasteiger partial charge < -0.3 is 5.32 Å². The van der Waals surface area contributed by atoms with Crippen LogP contribution in [0.15, 0.2) is 24.4 Å². The highest BCUT2D eigenvalue weighted by molar-refractivity contribution is 5.27. The lowest BCUT2D eigenvalue weighted by molar-refractivity contribution is 0.570. The molecule has 4 nitrogen and oxygen atoms in total. The summed E-state index contributed by atoms with van der Waals surface area (Å²) in [6.45, 7) is 1.89. The first kappa shape index (κ1) is 12.7. The molecule has 1 N–H and O–H groups in total. The number of halogens is 1. The molecule has 1 aromatic heterocycles. The fraction of sp³-hybridized carbons (Fsp3) is 0.385. The van der Waals surface area contributed by atoms with E-state index in [4.69, 9.17) is 0 Å². The van der Waals surface area contributed by atoms with Crippen molar-refractivity contribution >= 4 is 0 Å². The average Bonchev–Trinajstić information content (AvgIpc) is 2.70. The van der Waals surface area contributed by atoms with Gasteiger partial charge in [0, 0.05) is 25.7 Å². The minimum atomic E-state index is -0.204. The summed E-state index contributed by atoms with van der Waals surface area (Å²) in [6.07, 6.45) is 2.56. The topological polar surface area (TPSA) is 42.7 Å². The maximum absolute atomic E-state index is 13.4. The van der Waals surface area contributed by atoms with Crippen LogP contribution in [0.25, 0.3) is 0 Å². The molecule has 0 aliphatic carbocycles. The molecule has 0 aliphatic heterocycles. The minimum Gasteiger partial charge on any atom is -0.313 e. The van der Waals surface area contributed by atoms with Gasteiger partial charge in [-0.3, -0.25) is 4.68 Å². The molecule has 1 atom stereocenters. The molecule has 96 valence electrons. The number of hydrogen-bond donors (Lipinski definition) is 1. The third kappa shape index (κ3) is 2.92. The Morgan fingerprint density at radius 2 is 2.17 bits per heavy atom. The monoisotopic (exact) mass is 248 g/mol. The molecule has 0 aliphatic rings. The summed E-state index contributed by atoms with van der Waals surface area (Å²) >= 11 is 0. The predicted molar refractivity (Wildman–Crippen MR) is 67.6 cm³/mol. The number of nitrogens with zero attached hydrogens (tertiary/aromatic N) is 3. The molecule has 0 saturated carbocycles. The first-order valence-electron chi connectivity index (χ1n) is 5.88. The van der Waals surface area contributed by atoms with Gasteiger partial charge in [-0.05, 0) is 37.2 Å². The van der Waals surface area contributed by atoms with E-state index in [1.54, 1.807) is 10.7 Å². The summed E-state index contributed by atoms with van der Waals surface area (Å²) in [6, 6.07) is 5.11. The maximum Gasteiger partial charge on any atom is 0.123 e. The Bertz CT molecular complexity index is 515. The molecular formula is C13H17FN4. The van der Waals surface area contributed by atoms with Crippen molar-refractivity contribution in [1.82, 2.24) is 20.3 Å². The smallest absolute Gasteiger partial charge is 0.123 e. The first-order valence-corrected chi connectivity index (χ1v) is 5.88. The largest absolute Gasteiger partial charge is 0.313 e. The van der Waals surface area contributed by atoms with Gasteiger partial charge in [0.2, 0.25) is 0 Å². The molecule has 0 saturated heterocycles. The SMILES string of the molecule is CNC(Cc1cn(C)nn1)c1cc(C)cc(F)c1. The molecule has 18 heavy (non-hydrogen) atoms. The van der Waals surface area contributed by atoms with Crippen LogP contribution < -0.4 is 5.32 Å². The number of benzene rings is 1. The number of aromatic nitrogens is 3. The molecule has 1 aromatic carbocycles. The molecule has 0 bridgehead atoms. The Kier molecular flexibility index (Phi) is 3.72. The van der Waals surface area contributed by atoms with E-state index in [1.807, 2.05) is 33.3 Å². The summed E-state index contributed by atoms with van der Waals surface area (Å²) in [5.74, 6) is -0.204. The second-order valence-corrected chi connectivity index (χ2v) is 4.49. The van der Waals surface area contributed by atoms with Gasteiger partial charge in [0.25, 0.3) is 0 Å². The Morgan fingerprint density at radius 3 is 2.72 bits per heavy atom. The van der Waals surface area contributed by atoms with Gasteiger partial charge in [-0.2, -0.15) is 0 Å². The molecule has 0 radical (unpaired) electrons. The van der Waals surface area contributed by atoms with Crippen molar-refractivity contribution in [2.75, 3.05) is 7.05 Å². The van der Waals surface area contributed by atoms with Crippen LogP contribution in [0, 0.1) is 12.7 Å². The van der Waals surface area contributed by atoms with Gasteiger partial charge in [0.1, 0.15) is 5.82 Å². The summed E-state index contributed by atoms with van der Waals surface area (Å²) in [5, 5.41) is 11.1. The Balaban J connectivity index is 2.22. The summed E-state index contributed by atoms with van der Waals surface area (Å²) in [7, 11) is 3.69. The predicted octanol–water partition coefficient (Wildman–Crippen LogP) is 1.77. The summed E-state index contributed by atoms with van der Waals surface area (Å²) < 4.78 is 15.1. The van der Waals surface area contributed by atoms with Crippen LogP contribution in [0.2, 0.25) is 0 Å². The number of nitrogens with one attached hydrogen (secondary N) is 1.